The molecule has 0 aliphatic rings. The van der Waals surface area contributed by atoms with Crippen molar-refractivity contribution < 1.29 is 48.3 Å². The Balaban J connectivity index is 6.11. The Kier molecular flexibility index (Phi) is 43.6. The third-order valence-corrected chi connectivity index (χ3v) is 14.4. The monoisotopic (exact) mass is 1210 g/mol. The van der Waals surface area contributed by atoms with Crippen LogP contribution in [0.15, 0.2) is 0 Å². The average Bonchev–Trinajstić information content (AvgIpc) is 3.50. The van der Waals surface area contributed by atoms with Crippen LogP contribution in [0.3, 0.4) is 0 Å². The van der Waals surface area contributed by atoms with Crippen LogP contribution in [0.5, 0.6) is 0 Å². The van der Waals surface area contributed by atoms with Gasteiger partial charge in [-0.2, -0.15) is 0 Å². The maximum absolute atomic E-state index is 13.9. The molecular formula is C63H122N12O10. The Morgan fingerprint density at radius 3 is 0.671 bits per heavy atom. The number of carbonyl (C=O) groups is 9. The van der Waals surface area contributed by atoms with Crippen molar-refractivity contribution in [2.24, 2.45) is 58.4 Å². The maximum atomic E-state index is 13.9. The predicted molar refractivity (Wildman–Crippen MR) is 338 cm³/mol. The van der Waals surface area contributed by atoms with Gasteiger partial charge in [-0.25, -0.2) is 0 Å². The number of nitrogens with two attached hydrogens (primary N) is 4. The molecule has 0 heterocycles. The molecule has 0 saturated carbocycles. The molecule has 17 N–H and O–H groups in total. The minimum Gasteiger partial charge on any atom is -0.481 e. The van der Waals surface area contributed by atoms with E-state index in [4.69, 9.17) is 22.9 Å². The molecule has 0 radical (unpaired) electrons. The van der Waals surface area contributed by atoms with Gasteiger partial charge in [0.2, 0.25) is 47.3 Å². The van der Waals surface area contributed by atoms with Gasteiger partial charge in [0.1, 0.15) is 0 Å². The quantitative estimate of drug-likeness (QED) is 0.0337. The Morgan fingerprint density at radius 1 is 0.282 bits per heavy atom. The third-order valence-electron chi connectivity index (χ3n) is 14.4. The molecule has 0 fully saturated rings. The van der Waals surface area contributed by atoms with Gasteiger partial charge < -0.3 is 70.6 Å². The van der Waals surface area contributed by atoms with E-state index in [0.29, 0.717) is 109 Å². The van der Waals surface area contributed by atoms with Crippen LogP contribution >= 0.6 is 0 Å². The highest BCUT2D eigenvalue weighted by atomic mass is 16.4. The second kappa shape index (κ2) is 46.3. The lowest BCUT2D eigenvalue weighted by Gasteiger charge is -2.26. The van der Waals surface area contributed by atoms with Crippen LogP contribution in [-0.2, 0) is 43.2 Å². The summed E-state index contributed by atoms with van der Waals surface area (Å²) in [5.41, 5.74) is 23.6. The smallest absolute Gasteiger partial charge is 0.305 e. The number of aliphatic carboxylic acids is 1. The summed E-state index contributed by atoms with van der Waals surface area (Å²) < 4.78 is 0. The third kappa shape index (κ3) is 45.1. The van der Waals surface area contributed by atoms with Crippen molar-refractivity contribution in [1.82, 2.24) is 42.5 Å². The van der Waals surface area contributed by atoms with Gasteiger partial charge >= 0.3 is 5.97 Å². The standard InChI is InChI=1S/C63H122N12O10/c1-40(2)25-46(67)31-55(76)68-47(19-13-16-22-64)32-56(77)71-52(28-43(7)8)37-61(82)73-50(26-41(3)4)35-59(80)69-48(20-14-17-23-65)33-57(78)72-53(29-44(9)10)38-62(83)74-51(27-42(5)6)36-60(81)70-49(21-15-18-24-66)34-58(79)75-54(30-45(11)12)39-63(84)85/h40-54H,13-39,64-67H2,1-12H3,(H,68,76)(H,69,80)(H,70,81)(H,71,77)(H,72,78)(H,73,82)(H,74,83)(H,75,79)(H,84,85)/t46-,47-,48-,49-,50-,51-,52-,53-,54-/m0/s1. The molecular weight excluding hydrogens is 1080 g/mol. The van der Waals surface area contributed by atoms with Gasteiger partial charge in [0.05, 0.1) is 6.42 Å². The number of hydrogen-bond acceptors (Lipinski definition) is 13. The van der Waals surface area contributed by atoms with Gasteiger partial charge in [0.25, 0.3) is 0 Å². The molecule has 0 aromatic carbocycles. The summed E-state index contributed by atoms with van der Waals surface area (Å²) in [7, 11) is 0. The van der Waals surface area contributed by atoms with E-state index in [9.17, 15) is 48.3 Å². The lowest BCUT2D eigenvalue weighted by atomic mass is 9.97. The number of nitrogens with one attached hydrogen (secondary N) is 8. The Labute approximate surface area is 511 Å². The van der Waals surface area contributed by atoms with Gasteiger partial charge in [-0.3, -0.25) is 43.2 Å². The van der Waals surface area contributed by atoms with E-state index in [1.54, 1.807) is 0 Å². The summed E-state index contributed by atoms with van der Waals surface area (Å²) in [5, 5.41) is 33.6. The highest BCUT2D eigenvalue weighted by molar-refractivity contribution is 5.85. The van der Waals surface area contributed by atoms with Crippen LogP contribution in [0.4, 0.5) is 0 Å². The van der Waals surface area contributed by atoms with Crippen LogP contribution in [0.2, 0.25) is 0 Å². The molecule has 22 heteroatoms. The number of carboxylic acids is 1. The SMILES string of the molecule is CC(C)C[C@H](N)CC(=O)N[C@@H](CCCCN)CC(=O)N[C@H](CC(=O)N[C@H](CC(=O)N[C@@H](CCCCN)CC(=O)N[C@H](CC(=O)N[C@H](CC(=O)N[C@@H](CCCCN)CC(=O)N[C@H](CC(=O)O)CC(C)C)CC(C)C)CC(C)C)CC(C)C)CC(C)C. The normalized spacial score (nSPS) is 14.9. The fourth-order valence-corrected chi connectivity index (χ4v) is 11.1. The predicted octanol–water partition coefficient (Wildman–Crippen LogP) is 5.45. The van der Waals surface area contributed by atoms with Crippen molar-refractivity contribution in [3.8, 4) is 0 Å². The second-order valence-corrected chi connectivity index (χ2v) is 26.7. The minimum absolute atomic E-state index is 0.0176. The molecule has 0 bridgehead atoms. The van der Waals surface area contributed by atoms with Crippen LogP contribution in [-0.4, -0.2) is 132 Å². The molecule has 22 nitrogen and oxygen atoms in total. The van der Waals surface area contributed by atoms with Crippen molar-refractivity contribution in [2.45, 2.75) is 292 Å². The first-order valence-electron chi connectivity index (χ1n) is 32.3. The fourth-order valence-electron chi connectivity index (χ4n) is 11.1. The van der Waals surface area contributed by atoms with Crippen molar-refractivity contribution in [3.63, 3.8) is 0 Å². The molecule has 8 amide bonds. The number of carbonyl (C=O) groups excluding carboxylic acids is 8. The van der Waals surface area contributed by atoms with Gasteiger partial charge in [-0.15, -0.1) is 0 Å². The van der Waals surface area contributed by atoms with Crippen molar-refractivity contribution in [3.05, 3.63) is 0 Å². The summed E-state index contributed by atoms with van der Waals surface area (Å²) >= 11 is 0. The molecule has 494 valence electrons. The van der Waals surface area contributed by atoms with Crippen molar-refractivity contribution >= 4 is 53.2 Å². The van der Waals surface area contributed by atoms with Gasteiger partial charge in [-0.05, 0) is 132 Å². The molecule has 9 atom stereocenters. The minimum atomic E-state index is -1.01. The van der Waals surface area contributed by atoms with Crippen molar-refractivity contribution in [2.75, 3.05) is 19.6 Å². The number of carboxylic acid groups (broad SMARTS) is 1. The van der Waals surface area contributed by atoms with Crippen LogP contribution in [0.25, 0.3) is 0 Å². The zero-order valence-corrected chi connectivity index (χ0v) is 54.7. The molecule has 0 aromatic rings. The lowest BCUT2D eigenvalue weighted by Crippen LogP contribution is -2.48. The highest BCUT2D eigenvalue weighted by Crippen LogP contribution is 2.18. The topological polar surface area (TPSA) is 374 Å². The molecule has 0 aliphatic carbocycles. The van der Waals surface area contributed by atoms with Gasteiger partial charge in [0.15, 0.2) is 0 Å². The Hall–Kier alpha value is -4.93. The van der Waals surface area contributed by atoms with Crippen LogP contribution < -0.4 is 65.5 Å². The fraction of sp³-hybridized carbons (Fsp3) is 0.857. The number of amides is 8. The van der Waals surface area contributed by atoms with E-state index in [-0.39, 0.29) is 141 Å². The van der Waals surface area contributed by atoms with E-state index >= 15 is 0 Å². The highest BCUT2D eigenvalue weighted by Gasteiger charge is 2.29. The first kappa shape index (κ1) is 80.1. The molecule has 85 heavy (non-hydrogen) atoms. The summed E-state index contributed by atoms with van der Waals surface area (Å²) in [6.07, 6.45) is 8.56. The van der Waals surface area contributed by atoms with E-state index in [1.165, 1.54) is 0 Å². The molecule has 0 aliphatic heterocycles. The number of hydrogen-bond donors (Lipinski definition) is 13. The molecule has 0 saturated heterocycles. The van der Waals surface area contributed by atoms with Gasteiger partial charge in [-0.1, -0.05) is 102 Å². The zero-order valence-electron chi connectivity index (χ0n) is 54.7. The Morgan fingerprint density at radius 2 is 0.471 bits per heavy atom. The molecule has 0 spiro atoms. The average molecular weight is 1210 g/mol. The van der Waals surface area contributed by atoms with E-state index in [0.717, 1.165) is 12.8 Å². The summed E-state index contributed by atoms with van der Waals surface area (Å²) in [5.74, 6) is -2.59. The van der Waals surface area contributed by atoms with Crippen molar-refractivity contribution in [1.29, 1.82) is 0 Å². The van der Waals surface area contributed by atoms with E-state index in [1.807, 2.05) is 83.1 Å². The van der Waals surface area contributed by atoms with Gasteiger partial charge in [0, 0.05) is 106 Å². The maximum Gasteiger partial charge on any atom is 0.305 e. The van der Waals surface area contributed by atoms with Crippen LogP contribution in [0, 0.1) is 35.5 Å². The first-order valence-corrected chi connectivity index (χ1v) is 32.3. The number of rotatable bonds is 50. The van der Waals surface area contributed by atoms with E-state index < -0.39 is 54.3 Å². The van der Waals surface area contributed by atoms with E-state index in [2.05, 4.69) is 42.5 Å². The second-order valence-electron chi connectivity index (χ2n) is 26.7. The van der Waals surface area contributed by atoms with Crippen LogP contribution in [0.1, 0.15) is 237 Å². The largest absolute Gasteiger partial charge is 0.481 e. The summed E-state index contributed by atoms with van der Waals surface area (Å²) in [6, 6.07) is -4.53. The summed E-state index contributed by atoms with van der Waals surface area (Å²) in [4.78, 5) is 121. The Bertz CT molecular complexity index is 1940. The lowest BCUT2D eigenvalue weighted by molar-refractivity contribution is -0.138. The summed E-state index contributed by atoms with van der Waals surface area (Å²) in [6.45, 7) is 25.3. The molecule has 0 aromatic heterocycles. The molecule has 0 rings (SSSR count). The molecule has 0 unspecified atom stereocenters. The first-order chi connectivity index (χ1) is 39.9. The zero-order chi connectivity index (χ0) is 64.6. The number of unbranched alkanes of at least 4 members (excludes halogenated alkanes) is 3.